The maximum atomic E-state index is 9.39. The van der Waals surface area contributed by atoms with Crippen molar-refractivity contribution in [2.45, 2.75) is 0 Å². The van der Waals surface area contributed by atoms with Gasteiger partial charge in [-0.1, -0.05) is 157 Å². The Bertz CT molecular complexity index is 3960. The molecule has 3 nitrogen and oxygen atoms in total. The lowest BCUT2D eigenvalue weighted by Crippen LogP contribution is -1.88. The van der Waals surface area contributed by atoms with Crippen LogP contribution in [0.4, 0.5) is 0 Å². The predicted octanol–water partition coefficient (Wildman–Crippen LogP) is 14.7. The molecule has 0 saturated carbocycles. The molecule has 262 valence electrons. The molecular weight excluding hydrogens is 701 g/mol. The van der Waals surface area contributed by atoms with E-state index in [4.69, 9.17) is 20.9 Å². The van der Waals surface area contributed by atoms with E-state index in [2.05, 4.69) is 76.7 Å². The second kappa shape index (κ2) is 13.3. The predicted molar refractivity (Wildman–Crippen MR) is 235 cm³/mol. The minimum Gasteiger partial charge on any atom is -0.452 e. The van der Waals surface area contributed by atoms with Crippen LogP contribution in [0.3, 0.4) is 0 Å². The minimum atomic E-state index is -0.770. The average molecular weight is 746 g/mol. The van der Waals surface area contributed by atoms with Gasteiger partial charge in [0.15, 0.2) is 5.58 Å². The molecule has 0 fully saturated rings. The summed E-state index contributed by atoms with van der Waals surface area (Å²) < 4.78 is 122. The van der Waals surface area contributed by atoms with Gasteiger partial charge in [0.2, 0.25) is 0 Å². The quantitative estimate of drug-likeness (QED) is 0.170. The van der Waals surface area contributed by atoms with Gasteiger partial charge in [-0.2, -0.15) is 0 Å². The third-order valence-corrected chi connectivity index (χ3v) is 11.1. The van der Waals surface area contributed by atoms with E-state index in [1.807, 2.05) is 24.3 Å². The molecule has 0 N–H and O–H groups in total. The highest BCUT2D eigenvalue weighted by Crippen LogP contribution is 2.41. The van der Waals surface area contributed by atoms with E-state index in [0.29, 0.717) is 27.8 Å². The highest BCUT2D eigenvalue weighted by Gasteiger charge is 2.17. The molecule has 0 atom stereocenters. The van der Waals surface area contributed by atoms with Crippen LogP contribution in [0.15, 0.2) is 198 Å². The summed E-state index contributed by atoms with van der Waals surface area (Å²) in [6.45, 7) is 0. The number of fused-ring (bicyclic) bond motifs is 6. The van der Waals surface area contributed by atoms with Crippen LogP contribution in [-0.2, 0) is 0 Å². The third kappa shape index (κ3) is 5.58. The summed E-state index contributed by atoms with van der Waals surface area (Å²) in [6.07, 6.45) is 1.42. The normalized spacial score (nSPS) is 14.8. The topological polar surface area (TPSA) is 38.9 Å². The van der Waals surface area contributed by atoms with Gasteiger partial charge in [-0.05, 0) is 85.9 Å². The van der Waals surface area contributed by atoms with Crippen LogP contribution in [0.25, 0.3) is 109 Å². The van der Waals surface area contributed by atoms with Crippen LogP contribution in [0.1, 0.15) is 17.8 Å². The Morgan fingerprint density at radius 1 is 0.464 bits per heavy atom. The summed E-state index contributed by atoms with van der Waals surface area (Å²) in [5, 5.41) is 2.99. The lowest BCUT2D eigenvalue weighted by Gasteiger charge is -2.08. The lowest BCUT2D eigenvalue weighted by atomic mass is 9.96. The molecule has 11 aromatic rings. The molecule has 3 aromatic heterocycles. The molecule has 0 aliphatic rings. The summed E-state index contributed by atoms with van der Waals surface area (Å²) >= 11 is 1.79. The van der Waals surface area contributed by atoms with Crippen molar-refractivity contribution in [3.8, 4) is 66.9 Å². The first kappa shape index (κ1) is 21.7. The third-order valence-electron chi connectivity index (χ3n) is 9.86. The van der Waals surface area contributed by atoms with Gasteiger partial charge in [0.05, 0.1) is 17.8 Å². The summed E-state index contributed by atoms with van der Waals surface area (Å²) in [7, 11) is 0. The first-order valence-electron chi connectivity index (χ1n) is 24.2. The Labute approximate surface area is 346 Å². The van der Waals surface area contributed by atoms with E-state index in [0.717, 1.165) is 22.3 Å². The van der Waals surface area contributed by atoms with E-state index in [1.165, 1.54) is 32.1 Å². The zero-order chi connectivity index (χ0) is 48.3. The van der Waals surface area contributed by atoms with Crippen molar-refractivity contribution in [1.82, 2.24) is 9.97 Å². The average Bonchev–Trinajstić information content (AvgIpc) is 3.94. The molecule has 0 radical (unpaired) electrons. The standard InChI is InChI=1S/C52H32N2OS/c1-2-9-33(10-3-1)34-19-21-35(22-20-34)38-11-6-13-40(29-38)41-27-28-47-46(31-41)50-51(55-47)49(53-32-54-50)42-14-7-12-39(30-42)36-23-25-37(26-24-36)43-16-8-17-45-44-15-4-5-18-48(44)56-52(43)45/h1-32H/i1D,2D,3D,6D,9D,10D,11D,13D,19D,20D,21D,22D,29D. The number of aromatic nitrogens is 2. The molecular formula is C52H32N2OS. The zero-order valence-corrected chi connectivity index (χ0v) is 30.0. The Morgan fingerprint density at radius 3 is 1.98 bits per heavy atom. The van der Waals surface area contributed by atoms with E-state index in [1.54, 1.807) is 29.5 Å². The number of nitrogens with zero attached hydrogens (tertiary/aromatic N) is 2. The molecule has 0 saturated heterocycles. The largest absolute Gasteiger partial charge is 0.452 e. The molecule has 8 aromatic carbocycles. The van der Waals surface area contributed by atoms with Crippen molar-refractivity contribution in [2.75, 3.05) is 0 Å². The van der Waals surface area contributed by atoms with Crippen molar-refractivity contribution < 1.29 is 22.2 Å². The Morgan fingerprint density at radius 2 is 1.12 bits per heavy atom. The van der Waals surface area contributed by atoms with Gasteiger partial charge in [-0.15, -0.1) is 11.3 Å². The van der Waals surface area contributed by atoms with Gasteiger partial charge >= 0.3 is 0 Å². The van der Waals surface area contributed by atoms with Gasteiger partial charge in [-0.25, -0.2) is 9.97 Å². The van der Waals surface area contributed by atoms with Crippen molar-refractivity contribution in [3.63, 3.8) is 0 Å². The van der Waals surface area contributed by atoms with Crippen LogP contribution >= 0.6 is 11.3 Å². The monoisotopic (exact) mass is 745 g/mol. The number of furan rings is 1. The molecule has 11 rings (SSSR count). The van der Waals surface area contributed by atoms with Crippen LogP contribution in [0.2, 0.25) is 0 Å². The SMILES string of the molecule is [2H]c1c([2H])c([2H])c(-c2c([2H])c([2H])c(-c3c([2H])c([2H])c([2H])c(-c4ccc5oc6c(-c7cccc(-c8ccc(-c9cccc%10c9sc9ccccc9%10)cc8)c7)ncnc6c5c4)c3[2H])c([2H])c2[2H])c([2H])c1[2H]. The zero-order valence-electron chi connectivity index (χ0n) is 42.2. The van der Waals surface area contributed by atoms with Crippen LogP contribution in [-0.4, -0.2) is 9.97 Å². The van der Waals surface area contributed by atoms with Crippen LogP contribution in [0.5, 0.6) is 0 Å². The lowest BCUT2D eigenvalue weighted by molar-refractivity contribution is 0.667. The molecule has 0 unspecified atom stereocenters. The van der Waals surface area contributed by atoms with Crippen molar-refractivity contribution >= 4 is 53.6 Å². The van der Waals surface area contributed by atoms with E-state index < -0.39 is 101 Å². The number of thiophene rings is 1. The summed E-state index contributed by atoms with van der Waals surface area (Å²) in [6, 6.07) is 27.2. The summed E-state index contributed by atoms with van der Waals surface area (Å²) in [5.74, 6) is 0. The molecule has 56 heavy (non-hydrogen) atoms. The van der Waals surface area contributed by atoms with Gasteiger partial charge in [0, 0.05) is 31.1 Å². The second-order valence-electron chi connectivity index (χ2n) is 13.2. The number of hydrogen-bond acceptors (Lipinski definition) is 4. The highest BCUT2D eigenvalue weighted by atomic mass is 32.1. The fourth-order valence-corrected chi connectivity index (χ4v) is 8.39. The van der Waals surface area contributed by atoms with E-state index >= 15 is 0 Å². The Kier molecular flexibility index (Phi) is 5.15. The van der Waals surface area contributed by atoms with Gasteiger partial charge in [0.25, 0.3) is 0 Å². The molecule has 3 heterocycles. The molecule has 0 amide bonds. The highest BCUT2D eigenvalue weighted by molar-refractivity contribution is 7.26. The minimum absolute atomic E-state index is 0.123. The van der Waals surface area contributed by atoms with Gasteiger partial charge in [0.1, 0.15) is 23.1 Å². The second-order valence-corrected chi connectivity index (χ2v) is 14.2. The maximum absolute atomic E-state index is 9.39. The molecule has 4 heteroatoms. The smallest absolute Gasteiger partial charge is 0.180 e. The van der Waals surface area contributed by atoms with Crippen molar-refractivity contribution in [2.24, 2.45) is 0 Å². The first-order chi connectivity index (χ1) is 33.2. The fourth-order valence-electron chi connectivity index (χ4n) is 7.15. The van der Waals surface area contributed by atoms with Crippen molar-refractivity contribution in [3.05, 3.63) is 194 Å². The van der Waals surface area contributed by atoms with Gasteiger partial charge < -0.3 is 4.42 Å². The molecule has 0 aliphatic carbocycles. The number of benzene rings is 8. The van der Waals surface area contributed by atoms with Crippen molar-refractivity contribution in [1.29, 1.82) is 0 Å². The molecule has 0 aliphatic heterocycles. The fraction of sp³-hybridized carbons (Fsp3) is 0. The molecule has 0 spiro atoms. The summed E-state index contributed by atoms with van der Waals surface area (Å²) in [4.78, 5) is 9.21. The van der Waals surface area contributed by atoms with Crippen LogP contribution < -0.4 is 0 Å². The van der Waals surface area contributed by atoms with Crippen LogP contribution in [0, 0.1) is 0 Å². The van der Waals surface area contributed by atoms with E-state index in [-0.39, 0.29) is 11.1 Å². The van der Waals surface area contributed by atoms with Gasteiger partial charge in [-0.3, -0.25) is 0 Å². The number of hydrogen-bond donors (Lipinski definition) is 0. The summed E-state index contributed by atoms with van der Waals surface area (Å²) in [5.41, 5.74) is 4.88. The number of rotatable bonds is 6. The Balaban J connectivity index is 0.978. The molecule has 0 bridgehead atoms. The Hall–Kier alpha value is -7.14. The maximum Gasteiger partial charge on any atom is 0.180 e. The first-order valence-corrected chi connectivity index (χ1v) is 18.5. The van der Waals surface area contributed by atoms with E-state index in [9.17, 15) is 1.37 Å².